The van der Waals surface area contributed by atoms with E-state index in [1.54, 1.807) is 4.90 Å². The van der Waals surface area contributed by atoms with Crippen molar-refractivity contribution >= 4 is 41.4 Å². The lowest BCUT2D eigenvalue weighted by Crippen LogP contribution is -2.49. The van der Waals surface area contributed by atoms with Crippen LogP contribution in [-0.2, 0) is 38.4 Å². The Kier molecular flexibility index (Phi) is 11.4. The lowest BCUT2D eigenvalue weighted by molar-refractivity contribution is -0.385. The molecule has 16 nitrogen and oxygen atoms in total. The molecule has 1 aliphatic heterocycles. The first-order valence-corrected chi connectivity index (χ1v) is 16.4. The van der Waals surface area contributed by atoms with Crippen LogP contribution in [0.3, 0.4) is 0 Å². The smallest absolute Gasteiger partial charge is 0.270 e. The number of hydrogen-bond donors (Lipinski definition) is 3. The summed E-state index contributed by atoms with van der Waals surface area (Å²) in [6.45, 7) is 0.445. The third-order valence-electron chi connectivity index (χ3n) is 5.42. The van der Waals surface area contributed by atoms with Gasteiger partial charge in [-0.25, -0.2) is 8.42 Å². The Bertz CT molecular complexity index is 1240. The normalized spacial score (nSPS) is 17.2. The second-order valence-electron chi connectivity index (χ2n) is 8.50. The molecule has 0 radical (unpaired) electrons. The zero-order chi connectivity index (χ0) is 28.7. The van der Waals surface area contributed by atoms with Crippen molar-refractivity contribution in [2.45, 2.75) is 16.4 Å². The van der Waals surface area contributed by atoms with Crippen molar-refractivity contribution in [2.75, 3.05) is 76.4 Å². The number of rotatable bonds is 15. The van der Waals surface area contributed by atoms with Crippen molar-refractivity contribution in [1.29, 1.82) is 0 Å². The molecule has 0 saturated carbocycles. The van der Waals surface area contributed by atoms with E-state index >= 15 is 0 Å². The minimum absolute atomic E-state index is 0.180. The summed E-state index contributed by atoms with van der Waals surface area (Å²) in [6.07, 6.45) is -0.176. The molecule has 0 bridgehead atoms. The molecule has 38 heavy (non-hydrogen) atoms. The average Bonchev–Trinajstić information content (AvgIpc) is 2.81. The van der Waals surface area contributed by atoms with E-state index in [0.717, 1.165) is 24.6 Å². The van der Waals surface area contributed by atoms with E-state index in [9.17, 15) is 45.6 Å². The molecule has 2 rings (SSSR count). The number of non-ortho nitro benzene ring substituents is 1. The van der Waals surface area contributed by atoms with E-state index < -0.39 is 70.3 Å². The molecule has 0 aromatic heterocycles. The van der Waals surface area contributed by atoms with Gasteiger partial charge >= 0.3 is 0 Å². The third kappa shape index (κ3) is 9.97. The van der Waals surface area contributed by atoms with Gasteiger partial charge in [0.15, 0.2) is 5.44 Å². The number of piperazine rings is 1. The van der Waals surface area contributed by atoms with Crippen LogP contribution in [0, 0.1) is 10.1 Å². The number of nitrogens with one attached hydrogen (secondary N) is 1. The highest BCUT2D eigenvalue weighted by molar-refractivity contribution is 7.92. The molecular weight excluding hydrogens is 572 g/mol. The lowest BCUT2D eigenvalue weighted by atomic mass is 10.2. The summed E-state index contributed by atoms with van der Waals surface area (Å²) in [7, 11) is -12.6. The fourth-order valence-corrected chi connectivity index (χ4v) is 5.93. The molecule has 1 heterocycles. The van der Waals surface area contributed by atoms with Gasteiger partial charge in [-0.3, -0.25) is 23.4 Å². The summed E-state index contributed by atoms with van der Waals surface area (Å²) in [6, 6.07) is 2.74. The van der Waals surface area contributed by atoms with Crippen molar-refractivity contribution in [3.05, 3.63) is 28.3 Å². The highest BCUT2D eigenvalue weighted by atomic mass is 32.2. The van der Waals surface area contributed by atoms with Crippen molar-refractivity contribution in [2.24, 2.45) is 0 Å². The molecule has 3 N–H and O–H groups in total. The molecule has 2 atom stereocenters. The number of anilines is 1. The molecule has 1 aromatic carbocycles. The number of nitrogens with zero attached hydrogens (tertiary/aromatic N) is 3. The monoisotopic (exact) mass is 604 g/mol. The van der Waals surface area contributed by atoms with E-state index in [1.165, 1.54) is 4.90 Å². The van der Waals surface area contributed by atoms with E-state index in [-0.39, 0.29) is 25.3 Å². The molecule has 0 spiro atoms. The maximum atomic E-state index is 13.4. The number of sulfone groups is 1. The molecule has 1 fully saturated rings. The van der Waals surface area contributed by atoms with Crippen LogP contribution in [0.1, 0.15) is 0 Å². The first kappa shape index (κ1) is 32.2. The summed E-state index contributed by atoms with van der Waals surface area (Å²) in [5, 5.41) is 35.7. The zero-order valence-corrected chi connectivity index (χ0v) is 23.2. The minimum Gasteiger partial charge on any atom is -0.388 e. The predicted molar refractivity (Wildman–Crippen MR) is 135 cm³/mol. The van der Waals surface area contributed by atoms with E-state index in [2.05, 4.69) is 5.32 Å². The summed E-state index contributed by atoms with van der Waals surface area (Å²) in [5.74, 6) is 0. The summed E-state index contributed by atoms with van der Waals surface area (Å²) >= 11 is 0. The van der Waals surface area contributed by atoms with Crippen LogP contribution in [0.4, 0.5) is 11.4 Å². The van der Waals surface area contributed by atoms with Crippen molar-refractivity contribution in [3.63, 3.8) is 0 Å². The van der Waals surface area contributed by atoms with Crippen LogP contribution in [-0.4, -0.2) is 128 Å². The van der Waals surface area contributed by atoms with E-state index in [1.807, 2.05) is 0 Å². The summed E-state index contributed by atoms with van der Waals surface area (Å²) in [4.78, 5) is 12.7. The van der Waals surface area contributed by atoms with Gasteiger partial charge in [-0.2, -0.15) is 16.8 Å². The van der Waals surface area contributed by atoms with Crippen LogP contribution < -0.4 is 10.2 Å². The zero-order valence-electron chi connectivity index (χ0n) is 20.8. The highest BCUT2D eigenvalue weighted by Crippen LogP contribution is 2.32. The molecule has 0 aliphatic carbocycles. The van der Waals surface area contributed by atoms with Gasteiger partial charge < -0.3 is 20.4 Å². The lowest BCUT2D eigenvalue weighted by Gasteiger charge is -2.31. The number of hydrogen-bond acceptors (Lipinski definition) is 15. The second kappa shape index (κ2) is 13.4. The largest absolute Gasteiger partial charge is 0.388 e. The van der Waals surface area contributed by atoms with Crippen molar-refractivity contribution in [3.8, 4) is 0 Å². The minimum atomic E-state index is -4.83. The molecule has 2 unspecified atom stereocenters. The Morgan fingerprint density at radius 1 is 1.03 bits per heavy atom. The average molecular weight is 605 g/mol. The Hall–Kier alpha value is -1.97. The molecule has 19 heteroatoms. The molecular formula is C19H32N4O12S3. The van der Waals surface area contributed by atoms with Gasteiger partial charge in [0.1, 0.15) is 6.10 Å². The SMILES string of the molecule is CS(=O)(=O)OCCN(CCOS(C)(=O)=O)c1ccc([N+](=O)[O-])cc1S(=O)(=O)C(O)C(O)CN1CCNCC1. The number of aliphatic hydroxyl groups excluding tert-OH is 2. The van der Waals surface area contributed by atoms with Gasteiger partial charge in [0.2, 0.25) is 9.84 Å². The molecule has 1 aliphatic rings. The molecule has 218 valence electrons. The second-order valence-corrected chi connectivity index (χ2v) is 13.8. The summed E-state index contributed by atoms with van der Waals surface area (Å²) < 4.78 is 81.8. The maximum Gasteiger partial charge on any atom is 0.270 e. The van der Waals surface area contributed by atoms with Gasteiger partial charge in [0, 0.05) is 57.9 Å². The molecule has 0 amide bonds. The highest BCUT2D eigenvalue weighted by Gasteiger charge is 2.37. The molecule has 1 aromatic rings. The van der Waals surface area contributed by atoms with Crippen LogP contribution in [0.2, 0.25) is 0 Å². The first-order chi connectivity index (χ1) is 17.5. The fourth-order valence-electron chi connectivity index (χ4n) is 3.64. The van der Waals surface area contributed by atoms with Crippen LogP contribution in [0.5, 0.6) is 0 Å². The van der Waals surface area contributed by atoms with E-state index in [0.29, 0.717) is 32.2 Å². The van der Waals surface area contributed by atoms with Crippen molar-refractivity contribution < 1.29 is 48.8 Å². The van der Waals surface area contributed by atoms with Gasteiger partial charge in [0.05, 0.1) is 41.2 Å². The Morgan fingerprint density at radius 3 is 2.03 bits per heavy atom. The fraction of sp³-hybridized carbons (Fsp3) is 0.684. The van der Waals surface area contributed by atoms with Crippen LogP contribution in [0.15, 0.2) is 23.1 Å². The van der Waals surface area contributed by atoms with Crippen LogP contribution in [0.25, 0.3) is 0 Å². The number of aliphatic hydroxyl groups is 2. The van der Waals surface area contributed by atoms with E-state index in [4.69, 9.17) is 8.37 Å². The summed E-state index contributed by atoms with van der Waals surface area (Å²) in [5.41, 5.74) is -3.21. The Morgan fingerprint density at radius 2 is 1.55 bits per heavy atom. The molecule has 1 saturated heterocycles. The topological polar surface area (TPSA) is 223 Å². The van der Waals surface area contributed by atoms with Gasteiger partial charge in [-0.15, -0.1) is 0 Å². The maximum absolute atomic E-state index is 13.4. The van der Waals surface area contributed by atoms with Gasteiger partial charge in [-0.05, 0) is 6.07 Å². The Balaban J connectivity index is 2.46. The number of β-amino-alcohol motifs (C(OH)–C–C–N with tert-alkyl or cyclic N) is 1. The predicted octanol–water partition coefficient (Wildman–Crippen LogP) is -2.29. The quantitative estimate of drug-likeness (QED) is 0.109. The van der Waals surface area contributed by atoms with Crippen LogP contribution >= 0.6 is 0 Å². The Labute approximate surface area is 221 Å². The first-order valence-electron chi connectivity index (χ1n) is 11.3. The third-order valence-corrected chi connectivity index (χ3v) is 8.50. The standard InChI is InChI=1S/C19H32N4O12S3/c1-36(28,29)34-11-9-22(10-12-35-37(2,30)31)16-4-3-15(23(26)27)13-18(16)38(32,33)19(25)17(24)14-21-7-5-20-6-8-21/h3-4,13,17,19-20,24-25H,5-12,14H2,1-2H3. The van der Waals surface area contributed by atoms with Gasteiger partial charge in [-0.1, -0.05) is 0 Å². The number of nitro benzene ring substituents is 1. The van der Waals surface area contributed by atoms with Gasteiger partial charge in [0.25, 0.3) is 25.9 Å². The number of nitro groups is 1. The number of benzene rings is 1. The van der Waals surface area contributed by atoms with Crippen molar-refractivity contribution in [1.82, 2.24) is 10.2 Å².